The van der Waals surface area contributed by atoms with E-state index >= 15 is 0 Å². The van der Waals surface area contributed by atoms with E-state index in [-0.39, 0.29) is 5.82 Å². The van der Waals surface area contributed by atoms with Crippen molar-refractivity contribution in [3.63, 3.8) is 0 Å². The van der Waals surface area contributed by atoms with Crippen molar-refractivity contribution in [2.75, 3.05) is 6.54 Å². The minimum absolute atomic E-state index is 0.350. The molecule has 0 fully saturated rings. The molecule has 0 atom stereocenters. The molecule has 0 saturated carbocycles. The second-order valence-corrected chi connectivity index (χ2v) is 4.41. The molecule has 1 aromatic carbocycles. The van der Waals surface area contributed by atoms with Gasteiger partial charge in [0.05, 0.1) is 5.56 Å². The first-order valence-corrected chi connectivity index (χ1v) is 5.93. The molecule has 0 aliphatic rings. The fourth-order valence-electron chi connectivity index (χ4n) is 1.46. The van der Waals surface area contributed by atoms with Crippen LogP contribution in [0.1, 0.15) is 6.42 Å². The van der Waals surface area contributed by atoms with E-state index in [1.165, 1.54) is 6.07 Å². The van der Waals surface area contributed by atoms with Crippen molar-refractivity contribution in [3.05, 3.63) is 28.5 Å². The molecule has 0 saturated heterocycles. The summed E-state index contributed by atoms with van der Waals surface area (Å²) >= 11 is 3.29. The normalized spacial score (nSPS) is 10.8. The van der Waals surface area contributed by atoms with Gasteiger partial charge in [0.25, 0.3) is 0 Å². The van der Waals surface area contributed by atoms with E-state index in [9.17, 15) is 4.39 Å². The molecule has 0 amide bonds. The Balaban J connectivity index is 2.38. The second kappa shape index (κ2) is 5.33. The zero-order valence-electron chi connectivity index (χ0n) is 8.98. The highest BCUT2D eigenvalue weighted by Gasteiger charge is 2.13. The van der Waals surface area contributed by atoms with Gasteiger partial charge in [-0.3, -0.25) is 0 Å². The van der Waals surface area contributed by atoms with E-state index in [1.54, 1.807) is 16.8 Å². The van der Waals surface area contributed by atoms with Crippen molar-refractivity contribution in [3.8, 4) is 11.4 Å². The van der Waals surface area contributed by atoms with Crippen molar-refractivity contribution in [1.82, 2.24) is 20.2 Å². The Morgan fingerprint density at radius 3 is 3.00 bits per heavy atom. The van der Waals surface area contributed by atoms with Gasteiger partial charge in [0, 0.05) is 11.0 Å². The van der Waals surface area contributed by atoms with Crippen molar-refractivity contribution >= 4 is 15.9 Å². The molecular formula is C10H11BrFN5. The monoisotopic (exact) mass is 299 g/mol. The van der Waals surface area contributed by atoms with Gasteiger partial charge >= 0.3 is 0 Å². The van der Waals surface area contributed by atoms with Gasteiger partial charge in [-0.15, -0.1) is 5.10 Å². The number of benzene rings is 1. The first-order chi connectivity index (χ1) is 8.22. The Morgan fingerprint density at radius 2 is 2.24 bits per heavy atom. The van der Waals surface area contributed by atoms with Gasteiger partial charge < -0.3 is 5.73 Å². The maximum atomic E-state index is 13.7. The van der Waals surface area contributed by atoms with Crippen LogP contribution in [0.5, 0.6) is 0 Å². The van der Waals surface area contributed by atoms with Crippen LogP contribution in [0, 0.1) is 5.82 Å². The van der Waals surface area contributed by atoms with Crippen molar-refractivity contribution in [2.45, 2.75) is 13.0 Å². The summed E-state index contributed by atoms with van der Waals surface area (Å²) in [5, 5.41) is 11.2. The smallest absolute Gasteiger partial charge is 0.185 e. The maximum absolute atomic E-state index is 13.7. The van der Waals surface area contributed by atoms with Crippen molar-refractivity contribution in [2.24, 2.45) is 5.73 Å². The Kier molecular flexibility index (Phi) is 3.80. The third-order valence-electron chi connectivity index (χ3n) is 2.28. The average molecular weight is 300 g/mol. The quantitative estimate of drug-likeness (QED) is 0.931. The zero-order valence-corrected chi connectivity index (χ0v) is 10.6. The van der Waals surface area contributed by atoms with Crippen LogP contribution in [0.2, 0.25) is 0 Å². The standard InChI is InChI=1S/C10H11BrFN5/c11-7-2-3-9(12)8(6-7)10-14-15-16-17(10)5-1-4-13/h2-3,6H,1,4-5,13H2. The Bertz CT molecular complexity index is 513. The summed E-state index contributed by atoms with van der Waals surface area (Å²) < 4.78 is 16.0. The number of rotatable bonds is 4. The predicted molar refractivity (Wildman–Crippen MR) is 64.6 cm³/mol. The van der Waals surface area contributed by atoms with E-state index < -0.39 is 0 Å². The first kappa shape index (κ1) is 12.1. The lowest BCUT2D eigenvalue weighted by Gasteiger charge is -2.05. The summed E-state index contributed by atoms with van der Waals surface area (Å²) in [6, 6.07) is 4.66. The van der Waals surface area contributed by atoms with Gasteiger partial charge in [-0.05, 0) is 41.6 Å². The minimum atomic E-state index is -0.350. The van der Waals surface area contributed by atoms with Gasteiger partial charge in [0.1, 0.15) is 5.82 Å². The lowest BCUT2D eigenvalue weighted by atomic mass is 10.2. The third-order valence-corrected chi connectivity index (χ3v) is 2.77. The van der Waals surface area contributed by atoms with Crippen molar-refractivity contribution < 1.29 is 4.39 Å². The molecule has 0 unspecified atom stereocenters. The van der Waals surface area contributed by atoms with E-state index in [2.05, 4.69) is 31.5 Å². The topological polar surface area (TPSA) is 69.6 Å². The molecule has 2 aromatic rings. The summed E-state index contributed by atoms with van der Waals surface area (Å²) in [5.41, 5.74) is 5.80. The van der Waals surface area contributed by atoms with Crippen LogP contribution in [0.25, 0.3) is 11.4 Å². The number of hydrogen-bond donors (Lipinski definition) is 1. The van der Waals surface area contributed by atoms with Gasteiger partial charge in [-0.2, -0.15) is 0 Å². The van der Waals surface area contributed by atoms with Crippen LogP contribution in [-0.4, -0.2) is 26.8 Å². The van der Waals surface area contributed by atoms with Crippen LogP contribution in [-0.2, 0) is 6.54 Å². The first-order valence-electron chi connectivity index (χ1n) is 5.14. The molecule has 7 heteroatoms. The minimum Gasteiger partial charge on any atom is -0.330 e. The molecule has 0 bridgehead atoms. The molecule has 0 aliphatic carbocycles. The molecular weight excluding hydrogens is 289 g/mol. The molecule has 17 heavy (non-hydrogen) atoms. The highest BCUT2D eigenvalue weighted by Crippen LogP contribution is 2.24. The van der Waals surface area contributed by atoms with Crippen LogP contribution in [0.15, 0.2) is 22.7 Å². The number of aromatic nitrogens is 4. The molecule has 0 spiro atoms. The molecule has 1 heterocycles. The lowest BCUT2D eigenvalue weighted by Crippen LogP contribution is -2.09. The van der Waals surface area contributed by atoms with Gasteiger partial charge in [0.2, 0.25) is 0 Å². The predicted octanol–water partition coefficient (Wildman–Crippen LogP) is 1.59. The fraction of sp³-hybridized carbons (Fsp3) is 0.300. The molecule has 90 valence electrons. The lowest BCUT2D eigenvalue weighted by molar-refractivity contribution is 0.565. The van der Waals surface area contributed by atoms with Crippen LogP contribution in [0.3, 0.4) is 0 Å². The van der Waals surface area contributed by atoms with Gasteiger partial charge in [-0.25, -0.2) is 9.07 Å². The van der Waals surface area contributed by atoms with Crippen molar-refractivity contribution in [1.29, 1.82) is 0 Å². The number of aryl methyl sites for hydroxylation is 1. The summed E-state index contributed by atoms with van der Waals surface area (Å²) in [6.07, 6.45) is 0.744. The van der Waals surface area contributed by atoms with E-state index in [4.69, 9.17) is 5.73 Å². The number of hydrogen-bond acceptors (Lipinski definition) is 4. The molecule has 5 nitrogen and oxygen atoms in total. The van der Waals surface area contributed by atoms with E-state index in [0.29, 0.717) is 24.5 Å². The second-order valence-electron chi connectivity index (χ2n) is 3.49. The number of halogens is 2. The highest BCUT2D eigenvalue weighted by molar-refractivity contribution is 9.10. The summed E-state index contributed by atoms with van der Waals surface area (Å²) in [6.45, 7) is 1.12. The number of tetrazole rings is 1. The number of nitrogens with two attached hydrogens (primary N) is 1. The molecule has 0 aliphatic heterocycles. The largest absolute Gasteiger partial charge is 0.330 e. The van der Waals surface area contributed by atoms with E-state index in [1.807, 2.05) is 0 Å². The average Bonchev–Trinajstić information content (AvgIpc) is 2.77. The van der Waals surface area contributed by atoms with Gasteiger partial charge in [0.15, 0.2) is 5.82 Å². The van der Waals surface area contributed by atoms with Crippen LogP contribution >= 0.6 is 15.9 Å². The summed E-state index contributed by atoms with van der Waals surface area (Å²) in [4.78, 5) is 0. The Labute approximate surface area is 106 Å². The molecule has 0 radical (unpaired) electrons. The maximum Gasteiger partial charge on any atom is 0.185 e. The Morgan fingerprint density at radius 1 is 1.41 bits per heavy atom. The zero-order chi connectivity index (χ0) is 12.3. The van der Waals surface area contributed by atoms with Gasteiger partial charge in [-0.1, -0.05) is 15.9 Å². The Hall–Kier alpha value is -1.34. The third kappa shape index (κ3) is 2.67. The molecule has 2 rings (SSSR count). The summed E-state index contributed by atoms with van der Waals surface area (Å²) in [7, 11) is 0. The van der Waals surface area contributed by atoms with Crippen LogP contribution < -0.4 is 5.73 Å². The molecule has 2 N–H and O–H groups in total. The van der Waals surface area contributed by atoms with Crippen LogP contribution in [0.4, 0.5) is 4.39 Å². The fourth-order valence-corrected chi connectivity index (χ4v) is 1.82. The molecule has 1 aromatic heterocycles. The van der Waals surface area contributed by atoms with E-state index in [0.717, 1.165) is 10.9 Å². The SMILES string of the molecule is NCCCn1nnnc1-c1cc(Br)ccc1F. The highest BCUT2D eigenvalue weighted by atomic mass is 79.9. The number of nitrogens with zero attached hydrogens (tertiary/aromatic N) is 4. The summed E-state index contributed by atoms with van der Waals surface area (Å²) in [5.74, 6) is 0.0641.